The smallest absolute Gasteiger partial charge is 0.119 e. The second-order valence-corrected chi connectivity index (χ2v) is 6.95. The Morgan fingerprint density at radius 3 is 2.04 bits per heavy atom. The van der Waals surface area contributed by atoms with Gasteiger partial charge in [-0.2, -0.15) is 0 Å². The summed E-state index contributed by atoms with van der Waals surface area (Å²) in [4.78, 5) is 4.65. The Morgan fingerprint density at radius 2 is 1.41 bits per heavy atom. The molecule has 0 radical (unpaired) electrons. The summed E-state index contributed by atoms with van der Waals surface area (Å²) in [5.41, 5.74) is 6.19. The third-order valence-corrected chi connectivity index (χ3v) is 4.88. The first kappa shape index (κ1) is 19.2. The quantitative estimate of drug-likeness (QED) is 0.420. The third-order valence-electron chi connectivity index (χ3n) is 4.88. The Kier molecular flexibility index (Phi) is 7.04. The number of aryl methyl sites for hydroxylation is 3. The van der Waals surface area contributed by atoms with Crippen molar-refractivity contribution in [3.63, 3.8) is 0 Å². The van der Waals surface area contributed by atoms with Gasteiger partial charge in [-0.25, -0.2) is 0 Å². The van der Waals surface area contributed by atoms with E-state index in [4.69, 9.17) is 4.74 Å². The molecule has 2 nitrogen and oxygen atoms in total. The second kappa shape index (κ2) is 9.91. The fourth-order valence-electron chi connectivity index (χ4n) is 3.03. The molecule has 3 aromatic rings. The molecule has 1 aromatic heterocycles. The molecule has 0 saturated carbocycles. The van der Waals surface area contributed by atoms with Crippen LogP contribution in [0.2, 0.25) is 0 Å². The van der Waals surface area contributed by atoms with Gasteiger partial charge in [0.1, 0.15) is 5.75 Å². The predicted octanol–water partition coefficient (Wildman–Crippen LogP) is 6.28. The fourth-order valence-corrected chi connectivity index (χ4v) is 3.03. The Bertz CT molecular complexity index is 804. The van der Waals surface area contributed by atoms with E-state index < -0.39 is 0 Å². The van der Waals surface area contributed by atoms with Crippen molar-refractivity contribution in [3.8, 4) is 17.0 Å². The number of aromatic nitrogens is 1. The van der Waals surface area contributed by atoms with Gasteiger partial charge in [-0.15, -0.1) is 0 Å². The van der Waals surface area contributed by atoms with Gasteiger partial charge in [0, 0.05) is 11.8 Å². The molecular formula is C25H29NO. The lowest BCUT2D eigenvalue weighted by Crippen LogP contribution is -1.96. The molecule has 0 atom stereocenters. The second-order valence-electron chi connectivity index (χ2n) is 6.95. The van der Waals surface area contributed by atoms with Crippen LogP contribution in [0, 0.1) is 0 Å². The van der Waals surface area contributed by atoms with Crippen LogP contribution in [0.1, 0.15) is 43.4 Å². The number of hydrogen-bond acceptors (Lipinski definition) is 2. The van der Waals surface area contributed by atoms with Crippen molar-refractivity contribution in [2.24, 2.45) is 0 Å². The average molecular weight is 360 g/mol. The van der Waals surface area contributed by atoms with Crippen LogP contribution in [0.4, 0.5) is 0 Å². The molecule has 27 heavy (non-hydrogen) atoms. The summed E-state index contributed by atoms with van der Waals surface area (Å²) < 4.78 is 5.72. The Hall–Kier alpha value is -2.61. The Morgan fingerprint density at radius 1 is 0.741 bits per heavy atom. The lowest BCUT2D eigenvalue weighted by Gasteiger charge is -2.07. The van der Waals surface area contributed by atoms with E-state index in [2.05, 4.69) is 67.4 Å². The molecule has 0 aliphatic heterocycles. The lowest BCUT2D eigenvalue weighted by atomic mass is 10.0. The summed E-state index contributed by atoms with van der Waals surface area (Å²) in [5.74, 6) is 0.929. The van der Waals surface area contributed by atoms with Gasteiger partial charge in [-0.3, -0.25) is 4.98 Å². The third kappa shape index (κ3) is 5.68. The van der Waals surface area contributed by atoms with Crippen molar-refractivity contribution < 1.29 is 4.74 Å². The predicted molar refractivity (Wildman–Crippen MR) is 113 cm³/mol. The van der Waals surface area contributed by atoms with Crippen molar-refractivity contribution in [2.45, 2.75) is 46.0 Å². The van der Waals surface area contributed by atoms with Crippen LogP contribution in [0.15, 0.2) is 66.9 Å². The summed E-state index contributed by atoms with van der Waals surface area (Å²) in [6.45, 7) is 5.14. The molecule has 3 rings (SSSR count). The Balaban J connectivity index is 1.56. The summed E-state index contributed by atoms with van der Waals surface area (Å²) >= 11 is 0. The molecule has 2 aromatic carbocycles. The highest BCUT2D eigenvalue weighted by Crippen LogP contribution is 2.21. The van der Waals surface area contributed by atoms with E-state index in [1.807, 2.05) is 18.3 Å². The van der Waals surface area contributed by atoms with E-state index in [1.165, 1.54) is 16.7 Å². The molecule has 0 bridgehead atoms. The van der Waals surface area contributed by atoms with E-state index in [0.717, 1.165) is 55.7 Å². The molecule has 0 spiro atoms. The van der Waals surface area contributed by atoms with E-state index in [-0.39, 0.29) is 0 Å². The molecule has 0 unspecified atom stereocenters. The van der Waals surface area contributed by atoms with Gasteiger partial charge >= 0.3 is 0 Å². The zero-order valence-electron chi connectivity index (χ0n) is 16.4. The molecular weight excluding hydrogens is 330 g/mol. The van der Waals surface area contributed by atoms with Crippen molar-refractivity contribution in [3.05, 3.63) is 83.6 Å². The standard InChI is InChI=1S/C25H29NO/c1-3-5-18-27-24-15-13-23(14-16-24)25-17-12-22(19-26-25)11-10-21-8-6-20(4-2)7-9-21/h6-9,12-17,19H,3-5,10-11,18H2,1-2H3. The molecule has 0 aliphatic carbocycles. The van der Waals surface area contributed by atoms with Crippen molar-refractivity contribution in [1.82, 2.24) is 4.98 Å². The Labute approximate surface area is 163 Å². The van der Waals surface area contributed by atoms with Crippen LogP contribution < -0.4 is 4.74 Å². The maximum Gasteiger partial charge on any atom is 0.119 e. The fraction of sp³-hybridized carbons (Fsp3) is 0.320. The number of rotatable bonds is 9. The van der Waals surface area contributed by atoms with Gasteiger partial charge in [-0.1, -0.05) is 50.6 Å². The number of ether oxygens (including phenoxy) is 1. The highest BCUT2D eigenvalue weighted by molar-refractivity contribution is 5.60. The topological polar surface area (TPSA) is 22.1 Å². The van der Waals surface area contributed by atoms with E-state index >= 15 is 0 Å². The molecule has 0 amide bonds. The number of unbranched alkanes of at least 4 members (excludes halogenated alkanes) is 1. The monoisotopic (exact) mass is 359 g/mol. The van der Waals surface area contributed by atoms with Crippen molar-refractivity contribution in [1.29, 1.82) is 0 Å². The highest BCUT2D eigenvalue weighted by Gasteiger charge is 2.02. The first-order valence-corrected chi connectivity index (χ1v) is 10.0. The zero-order valence-corrected chi connectivity index (χ0v) is 16.4. The maximum atomic E-state index is 5.72. The minimum Gasteiger partial charge on any atom is -0.494 e. The van der Waals surface area contributed by atoms with Gasteiger partial charge in [-0.05, 0) is 72.7 Å². The van der Waals surface area contributed by atoms with Crippen molar-refractivity contribution >= 4 is 0 Å². The van der Waals surface area contributed by atoms with Gasteiger partial charge in [0.05, 0.1) is 12.3 Å². The largest absolute Gasteiger partial charge is 0.494 e. The van der Waals surface area contributed by atoms with Gasteiger partial charge in [0.2, 0.25) is 0 Å². The average Bonchev–Trinajstić information content (AvgIpc) is 2.74. The number of hydrogen-bond donors (Lipinski definition) is 0. The summed E-state index contributed by atoms with van der Waals surface area (Å²) in [6, 6.07) is 21.5. The van der Waals surface area contributed by atoms with E-state index in [0.29, 0.717) is 0 Å². The molecule has 0 aliphatic rings. The van der Waals surface area contributed by atoms with Crippen LogP contribution in [0.3, 0.4) is 0 Å². The van der Waals surface area contributed by atoms with Crippen LogP contribution in [-0.2, 0) is 19.3 Å². The minimum atomic E-state index is 0.782. The molecule has 2 heteroatoms. The van der Waals surface area contributed by atoms with Gasteiger partial charge < -0.3 is 4.74 Å². The van der Waals surface area contributed by atoms with Crippen LogP contribution in [0.5, 0.6) is 5.75 Å². The van der Waals surface area contributed by atoms with Crippen molar-refractivity contribution in [2.75, 3.05) is 6.61 Å². The number of benzene rings is 2. The van der Waals surface area contributed by atoms with Gasteiger partial charge in [0.25, 0.3) is 0 Å². The number of pyridine rings is 1. The first-order chi connectivity index (χ1) is 13.3. The van der Waals surface area contributed by atoms with E-state index in [1.54, 1.807) is 0 Å². The SMILES string of the molecule is CCCCOc1ccc(-c2ccc(CCc3ccc(CC)cc3)cn2)cc1. The van der Waals surface area contributed by atoms with Crippen LogP contribution >= 0.6 is 0 Å². The molecule has 1 heterocycles. The molecule has 0 saturated heterocycles. The molecule has 0 fully saturated rings. The lowest BCUT2D eigenvalue weighted by molar-refractivity contribution is 0.309. The summed E-state index contributed by atoms with van der Waals surface area (Å²) in [7, 11) is 0. The minimum absolute atomic E-state index is 0.782. The van der Waals surface area contributed by atoms with E-state index in [9.17, 15) is 0 Å². The van der Waals surface area contributed by atoms with Crippen LogP contribution in [-0.4, -0.2) is 11.6 Å². The zero-order chi connectivity index (χ0) is 18.9. The first-order valence-electron chi connectivity index (χ1n) is 10.0. The summed E-state index contributed by atoms with van der Waals surface area (Å²) in [6.07, 6.45) is 7.41. The van der Waals surface area contributed by atoms with Gasteiger partial charge in [0.15, 0.2) is 0 Å². The molecule has 0 N–H and O–H groups in total. The molecule has 140 valence electrons. The number of nitrogens with zero attached hydrogens (tertiary/aromatic N) is 1. The normalized spacial score (nSPS) is 10.7. The summed E-state index contributed by atoms with van der Waals surface area (Å²) in [5, 5.41) is 0. The maximum absolute atomic E-state index is 5.72. The van der Waals surface area contributed by atoms with Crippen LogP contribution in [0.25, 0.3) is 11.3 Å². The highest BCUT2D eigenvalue weighted by atomic mass is 16.5.